The first-order valence-electron chi connectivity index (χ1n) is 8.16. The van der Waals surface area contributed by atoms with E-state index in [0.29, 0.717) is 22.4 Å². The van der Waals surface area contributed by atoms with Crippen molar-refractivity contribution in [2.75, 3.05) is 19.0 Å². The van der Waals surface area contributed by atoms with Crippen LogP contribution in [-0.2, 0) is 9.47 Å². The Morgan fingerprint density at radius 2 is 2.08 bits per heavy atom. The van der Waals surface area contributed by atoms with Crippen molar-refractivity contribution in [2.45, 2.75) is 19.8 Å². The van der Waals surface area contributed by atoms with Crippen LogP contribution in [0.5, 0.6) is 5.88 Å². The molecule has 0 saturated carbocycles. The number of nitrogens with one attached hydrogen (secondary N) is 1. The fraction of sp³-hybridized carbons (Fsp3) is 0.263. The van der Waals surface area contributed by atoms with Gasteiger partial charge in [0.15, 0.2) is 0 Å². The lowest BCUT2D eigenvalue weighted by Gasteiger charge is -2.31. The number of allylic oxidation sites excluding steroid dienone is 2. The number of benzene rings is 1. The summed E-state index contributed by atoms with van der Waals surface area (Å²) >= 11 is 6.45. The molecule has 26 heavy (non-hydrogen) atoms. The van der Waals surface area contributed by atoms with E-state index in [1.807, 2.05) is 31.2 Å². The van der Waals surface area contributed by atoms with Gasteiger partial charge in [-0.25, -0.2) is 9.78 Å². The number of anilines is 1. The van der Waals surface area contributed by atoms with Crippen LogP contribution in [0.25, 0.3) is 0 Å². The van der Waals surface area contributed by atoms with Gasteiger partial charge in [0.1, 0.15) is 5.76 Å². The van der Waals surface area contributed by atoms with Crippen LogP contribution in [0.3, 0.4) is 0 Å². The molecule has 1 aromatic carbocycles. The minimum atomic E-state index is -0.771. The molecule has 0 amide bonds. The minimum Gasteiger partial charge on any atom is -0.481 e. The number of ether oxygens (including phenoxy) is 3. The number of rotatable bonds is 4. The van der Waals surface area contributed by atoms with Crippen molar-refractivity contribution in [3.8, 4) is 5.88 Å². The first-order chi connectivity index (χ1) is 12.6. The Kier molecular flexibility index (Phi) is 5.32. The number of methoxy groups -OCH3 is 1. The summed E-state index contributed by atoms with van der Waals surface area (Å²) < 4.78 is 15.9. The van der Waals surface area contributed by atoms with E-state index in [4.69, 9.17) is 25.8 Å². The SMILES string of the molecule is CCOC(=O)OC1=C(C)Nc2ccnc(OC)c2C1c1ccccc1Cl. The number of hydrogen-bond donors (Lipinski definition) is 1. The molecule has 1 atom stereocenters. The largest absolute Gasteiger partial charge is 0.513 e. The van der Waals surface area contributed by atoms with Crippen molar-refractivity contribution in [1.82, 2.24) is 4.98 Å². The molecule has 1 unspecified atom stereocenters. The van der Waals surface area contributed by atoms with Crippen molar-refractivity contribution >= 4 is 23.4 Å². The van der Waals surface area contributed by atoms with Crippen LogP contribution >= 0.6 is 11.6 Å². The topological polar surface area (TPSA) is 69.7 Å². The maximum Gasteiger partial charge on any atom is 0.513 e. The molecule has 0 fully saturated rings. The van der Waals surface area contributed by atoms with Gasteiger partial charge >= 0.3 is 6.16 Å². The van der Waals surface area contributed by atoms with Gasteiger partial charge in [0.25, 0.3) is 0 Å². The van der Waals surface area contributed by atoms with E-state index in [1.165, 1.54) is 0 Å². The molecule has 7 heteroatoms. The molecule has 2 heterocycles. The second kappa shape index (κ2) is 7.66. The highest BCUT2D eigenvalue weighted by atomic mass is 35.5. The van der Waals surface area contributed by atoms with Gasteiger partial charge in [-0.3, -0.25) is 0 Å². The predicted molar refractivity (Wildman–Crippen MR) is 98.5 cm³/mol. The van der Waals surface area contributed by atoms with Crippen LogP contribution < -0.4 is 10.1 Å². The molecule has 0 spiro atoms. The molecule has 3 rings (SSSR count). The van der Waals surface area contributed by atoms with Crippen molar-refractivity contribution in [2.24, 2.45) is 0 Å². The zero-order valence-electron chi connectivity index (χ0n) is 14.7. The third kappa shape index (κ3) is 3.32. The number of pyridine rings is 1. The van der Waals surface area contributed by atoms with Crippen molar-refractivity contribution in [3.63, 3.8) is 0 Å². The van der Waals surface area contributed by atoms with Gasteiger partial charge in [-0.05, 0) is 31.5 Å². The summed E-state index contributed by atoms with van der Waals surface area (Å²) in [7, 11) is 1.54. The second-order valence-electron chi connectivity index (χ2n) is 5.64. The molecule has 0 saturated heterocycles. The van der Waals surface area contributed by atoms with Crippen molar-refractivity contribution in [1.29, 1.82) is 0 Å². The predicted octanol–water partition coefficient (Wildman–Crippen LogP) is 4.71. The Hall–Kier alpha value is -2.73. The van der Waals surface area contributed by atoms with Crippen LogP contribution in [0.15, 0.2) is 48.0 Å². The quantitative estimate of drug-likeness (QED) is 0.782. The van der Waals surface area contributed by atoms with Crippen molar-refractivity contribution < 1.29 is 19.0 Å². The van der Waals surface area contributed by atoms with Gasteiger partial charge in [-0.1, -0.05) is 29.8 Å². The highest BCUT2D eigenvalue weighted by Gasteiger charge is 2.35. The lowest BCUT2D eigenvalue weighted by Crippen LogP contribution is -2.23. The number of carbonyl (C=O) groups is 1. The normalized spacial score (nSPS) is 15.8. The summed E-state index contributed by atoms with van der Waals surface area (Å²) in [4.78, 5) is 16.3. The molecule has 0 radical (unpaired) electrons. The van der Waals surface area contributed by atoms with Crippen LogP contribution in [-0.4, -0.2) is 24.9 Å². The van der Waals surface area contributed by atoms with Crippen molar-refractivity contribution in [3.05, 3.63) is 64.1 Å². The second-order valence-corrected chi connectivity index (χ2v) is 6.04. The Labute approximate surface area is 156 Å². The standard InChI is InChI=1S/C19H19ClN2O4/c1-4-25-19(23)26-17-11(2)22-14-9-10-21-18(24-3)16(14)15(17)12-7-5-6-8-13(12)20/h5-10,15,22H,4H2,1-3H3. The fourth-order valence-corrected chi connectivity index (χ4v) is 3.24. The summed E-state index contributed by atoms with van der Waals surface area (Å²) in [5, 5.41) is 3.79. The van der Waals surface area contributed by atoms with Gasteiger partial charge in [0.2, 0.25) is 5.88 Å². The molecule has 2 aromatic rings. The molecular weight excluding hydrogens is 356 g/mol. The average Bonchev–Trinajstić information content (AvgIpc) is 2.63. The Bertz CT molecular complexity index is 866. The molecule has 0 aliphatic carbocycles. The third-order valence-electron chi connectivity index (χ3n) is 4.06. The molecule has 0 bridgehead atoms. The van der Waals surface area contributed by atoms with E-state index in [9.17, 15) is 4.79 Å². The van der Waals surface area contributed by atoms with Crippen LogP contribution in [0.2, 0.25) is 5.02 Å². The Morgan fingerprint density at radius 3 is 2.77 bits per heavy atom. The number of halogens is 1. The number of carbonyl (C=O) groups excluding carboxylic acids is 1. The number of hydrogen-bond acceptors (Lipinski definition) is 6. The highest BCUT2D eigenvalue weighted by molar-refractivity contribution is 6.31. The van der Waals surface area contributed by atoms with Crippen LogP contribution in [0.1, 0.15) is 30.9 Å². The third-order valence-corrected chi connectivity index (χ3v) is 4.41. The van der Waals surface area contributed by atoms with Gasteiger partial charge in [-0.2, -0.15) is 0 Å². The average molecular weight is 375 g/mol. The van der Waals surface area contributed by atoms with E-state index in [1.54, 1.807) is 26.3 Å². The number of nitrogens with zero attached hydrogens (tertiary/aromatic N) is 1. The van der Waals surface area contributed by atoms with Crippen LogP contribution in [0.4, 0.5) is 10.5 Å². The van der Waals surface area contributed by atoms with Gasteiger partial charge in [0, 0.05) is 16.9 Å². The van der Waals surface area contributed by atoms with E-state index in [0.717, 1.165) is 16.8 Å². The zero-order valence-corrected chi connectivity index (χ0v) is 15.5. The van der Waals surface area contributed by atoms with Gasteiger partial charge < -0.3 is 19.5 Å². The first kappa shape index (κ1) is 18.1. The lowest BCUT2D eigenvalue weighted by atomic mass is 9.86. The summed E-state index contributed by atoms with van der Waals surface area (Å²) in [5.74, 6) is 0.362. The molecule has 6 nitrogen and oxygen atoms in total. The van der Waals surface area contributed by atoms with E-state index < -0.39 is 12.1 Å². The monoisotopic (exact) mass is 374 g/mol. The molecule has 136 valence electrons. The summed E-state index contributed by atoms with van der Waals surface area (Å²) in [6.07, 6.45) is 0.880. The maximum absolute atomic E-state index is 12.0. The molecular formula is C19H19ClN2O4. The first-order valence-corrected chi connectivity index (χ1v) is 8.54. The highest BCUT2D eigenvalue weighted by Crippen LogP contribution is 2.47. The maximum atomic E-state index is 12.0. The summed E-state index contributed by atoms with van der Waals surface area (Å²) in [6.45, 7) is 3.76. The number of fused-ring (bicyclic) bond motifs is 1. The number of aromatic nitrogens is 1. The smallest absolute Gasteiger partial charge is 0.481 e. The van der Waals surface area contributed by atoms with Gasteiger partial charge in [0.05, 0.1) is 30.9 Å². The van der Waals surface area contributed by atoms with E-state index in [-0.39, 0.29) is 6.61 Å². The van der Waals surface area contributed by atoms with Crippen LogP contribution in [0, 0.1) is 0 Å². The molecule has 1 aliphatic rings. The van der Waals surface area contributed by atoms with E-state index >= 15 is 0 Å². The summed E-state index contributed by atoms with van der Waals surface area (Å²) in [6, 6.07) is 9.24. The van der Waals surface area contributed by atoms with Gasteiger partial charge in [-0.15, -0.1) is 0 Å². The Morgan fingerprint density at radius 1 is 1.31 bits per heavy atom. The fourth-order valence-electron chi connectivity index (χ4n) is 2.99. The molecule has 1 aliphatic heterocycles. The molecule has 1 aromatic heterocycles. The lowest BCUT2D eigenvalue weighted by molar-refractivity contribution is 0.0776. The van der Waals surface area contributed by atoms with E-state index in [2.05, 4.69) is 10.3 Å². The Balaban J connectivity index is 2.19. The molecule has 1 N–H and O–H groups in total. The zero-order chi connectivity index (χ0) is 18.7. The summed E-state index contributed by atoms with van der Waals surface area (Å²) in [5.41, 5.74) is 3.02. The minimum absolute atomic E-state index is 0.219.